The highest BCUT2D eigenvalue weighted by Gasteiger charge is 2.27. The van der Waals surface area contributed by atoms with Crippen molar-refractivity contribution in [1.82, 2.24) is 15.3 Å². The SMILES string of the molecule is O=C(NCCc1cccs1)[C@H]1CCCN(c2nc3ccccc3[nH]c2=O)C1. The number of anilines is 1. The lowest BCUT2D eigenvalue weighted by atomic mass is 9.97. The molecule has 1 fully saturated rings. The van der Waals surface area contributed by atoms with Gasteiger partial charge >= 0.3 is 0 Å². The summed E-state index contributed by atoms with van der Waals surface area (Å²) in [5.41, 5.74) is 1.29. The third kappa shape index (κ3) is 4.03. The smallest absolute Gasteiger partial charge is 0.291 e. The summed E-state index contributed by atoms with van der Waals surface area (Å²) in [4.78, 5) is 35.7. The molecule has 3 heterocycles. The molecule has 0 radical (unpaired) electrons. The van der Waals surface area contributed by atoms with Gasteiger partial charge in [0.1, 0.15) is 0 Å². The molecule has 140 valence electrons. The third-order valence-corrected chi connectivity index (χ3v) is 5.86. The summed E-state index contributed by atoms with van der Waals surface area (Å²) in [7, 11) is 0. The lowest BCUT2D eigenvalue weighted by molar-refractivity contribution is -0.125. The Morgan fingerprint density at radius 1 is 1.30 bits per heavy atom. The van der Waals surface area contributed by atoms with Crippen LogP contribution in [0, 0.1) is 5.92 Å². The van der Waals surface area contributed by atoms with Crippen LogP contribution in [-0.4, -0.2) is 35.5 Å². The van der Waals surface area contributed by atoms with Crippen molar-refractivity contribution in [3.63, 3.8) is 0 Å². The van der Waals surface area contributed by atoms with E-state index in [2.05, 4.69) is 21.4 Å². The number of hydrogen-bond acceptors (Lipinski definition) is 5. The van der Waals surface area contributed by atoms with Gasteiger partial charge in [-0.15, -0.1) is 11.3 Å². The molecule has 0 aliphatic carbocycles. The fourth-order valence-corrected chi connectivity index (χ4v) is 4.23. The van der Waals surface area contributed by atoms with Crippen molar-refractivity contribution >= 4 is 34.1 Å². The second kappa shape index (κ2) is 7.92. The number of para-hydroxylation sites is 2. The molecule has 1 amide bonds. The minimum Gasteiger partial charge on any atom is -0.355 e. The predicted molar refractivity (Wildman–Crippen MR) is 108 cm³/mol. The Morgan fingerprint density at radius 2 is 2.19 bits per heavy atom. The number of carbonyl (C=O) groups is 1. The van der Waals surface area contributed by atoms with E-state index in [1.54, 1.807) is 11.3 Å². The van der Waals surface area contributed by atoms with E-state index in [0.717, 1.165) is 36.8 Å². The number of nitrogens with one attached hydrogen (secondary N) is 2. The molecule has 4 rings (SSSR count). The molecule has 2 N–H and O–H groups in total. The molecule has 0 spiro atoms. The average molecular weight is 382 g/mol. The Kier molecular flexibility index (Phi) is 5.20. The highest BCUT2D eigenvalue weighted by molar-refractivity contribution is 7.09. The van der Waals surface area contributed by atoms with Crippen LogP contribution in [-0.2, 0) is 11.2 Å². The van der Waals surface area contributed by atoms with Crippen molar-refractivity contribution < 1.29 is 4.79 Å². The molecule has 27 heavy (non-hydrogen) atoms. The average Bonchev–Trinajstić information content (AvgIpc) is 3.21. The maximum Gasteiger partial charge on any atom is 0.291 e. The minimum absolute atomic E-state index is 0.0634. The number of fused-ring (bicyclic) bond motifs is 1. The van der Waals surface area contributed by atoms with Crippen LogP contribution in [0.2, 0.25) is 0 Å². The van der Waals surface area contributed by atoms with Crippen molar-refractivity contribution in [2.45, 2.75) is 19.3 Å². The largest absolute Gasteiger partial charge is 0.355 e. The van der Waals surface area contributed by atoms with Crippen LogP contribution in [0.4, 0.5) is 5.82 Å². The molecule has 7 heteroatoms. The molecule has 2 aromatic heterocycles. The molecule has 1 saturated heterocycles. The van der Waals surface area contributed by atoms with Gasteiger partial charge in [-0.2, -0.15) is 0 Å². The number of aromatic nitrogens is 2. The van der Waals surface area contributed by atoms with Crippen LogP contribution in [0.3, 0.4) is 0 Å². The predicted octanol–water partition coefficient (Wildman–Crippen LogP) is 2.56. The summed E-state index contributed by atoms with van der Waals surface area (Å²) in [5, 5.41) is 5.09. The molecule has 1 atom stereocenters. The van der Waals surface area contributed by atoms with Crippen LogP contribution in [0.15, 0.2) is 46.6 Å². The van der Waals surface area contributed by atoms with Crippen LogP contribution in [0.25, 0.3) is 11.0 Å². The lowest BCUT2D eigenvalue weighted by Crippen LogP contribution is -2.45. The molecule has 1 aliphatic rings. The first-order valence-electron chi connectivity index (χ1n) is 9.25. The van der Waals surface area contributed by atoms with Gasteiger partial charge in [-0.25, -0.2) is 4.98 Å². The van der Waals surface area contributed by atoms with Crippen LogP contribution in [0.1, 0.15) is 17.7 Å². The molecule has 1 aromatic carbocycles. The number of nitrogens with zero attached hydrogens (tertiary/aromatic N) is 2. The number of benzene rings is 1. The van der Waals surface area contributed by atoms with Gasteiger partial charge in [0.25, 0.3) is 5.56 Å². The zero-order chi connectivity index (χ0) is 18.6. The number of rotatable bonds is 5. The van der Waals surface area contributed by atoms with Gasteiger partial charge in [-0.05, 0) is 42.8 Å². The summed E-state index contributed by atoms with van der Waals surface area (Å²) in [6.45, 7) is 1.91. The van der Waals surface area contributed by atoms with E-state index in [1.165, 1.54) is 4.88 Å². The summed E-state index contributed by atoms with van der Waals surface area (Å²) < 4.78 is 0. The fourth-order valence-electron chi connectivity index (χ4n) is 3.53. The van der Waals surface area contributed by atoms with E-state index >= 15 is 0 Å². The lowest BCUT2D eigenvalue weighted by Gasteiger charge is -2.32. The first kappa shape index (κ1) is 17.7. The van der Waals surface area contributed by atoms with Crippen molar-refractivity contribution in [3.05, 3.63) is 57.0 Å². The van der Waals surface area contributed by atoms with Crippen molar-refractivity contribution in [2.75, 3.05) is 24.5 Å². The Hall–Kier alpha value is -2.67. The van der Waals surface area contributed by atoms with E-state index in [4.69, 9.17) is 0 Å². The van der Waals surface area contributed by atoms with E-state index in [0.29, 0.717) is 18.9 Å². The monoisotopic (exact) mass is 382 g/mol. The first-order chi connectivity index (χ1) is 13.2. The highest BCUT2D eigenvalue weighted by atomic mass is 32.1. The number of hydrogen-bond donors (Lipinski definition) is 2. The zero-order valence-corrected chi connectivity index (χ0v) is 15.8. The van der Waals surface area contributed by atoms with Gasteiger partial charge in [0.15, 0.2) is 5.82 Å². The van der Waals surface area contributed by atoms with Crippen molar-refractivity contribution in [2.24, 2.45) is 5.92 Å². The van der Waals surface area contributed by atoms with E-state index < -0.39 is 0 Å². The van der Waals surface area contributed by atoms with Gasteiger partial charge < -0.3 is 15.2 Å². The summed E-state index contributed by atoms with van der Waals surface area (Å²) in [6, 6.07) is 11.6. The highest BCUT2D eigenvalue weighted by Crippen LogP contribution is 2.21. The Bertz CT molecular complexity index is 983. The molecule has 1 aliphatic heterocycles. The zero-order valence-electron chi connectivity index (χ0n) is 15.0. The number of amides is 1. The van der Waals surface area contributed by atoms with E-state index in [1.807, 2.05) is 40.6 Å². The number of carbonyl (C=O) groups excluding carboxylic acids is 1. The number of thiophene rings is 1. The maximum absolute atomic E-state index is 12.6. The van der Waals surface area contributed by atoms with Crippen LogP contribution >= 0.6 is 11.3 Å². The molecule has 3 aromatic rings. The standard InChI is InChI=1S/C20H22N4O2S/c25-19(21-10-9-15-6-4-12-27-15)14-5-3-11-24(13-14)18-20(26)23-17-8-2-1-7-16(17)22-18/h1-2,4,6-8,12,14H,3,5,9-11,13H2,(H,21,25)(H,23,26)/t14-/m0/s1. The Morgan fingerprint density at radius 3 is 3.04 bits per heavy atom. The van der Waals surface area contributed by atoms with Gasteiger partial charge in [-0.3, -0.25) is 9.59 Å². The first-order valence-corrected chi connectivity index (χ1v) is 10.1. The van der Waals surface area contributed by atoms with Gasteiger partial charge in [-0.1, -0.05) is 18.2 Å². The summed E-state index contributed by atoms with van der Waals surface area (Å²) in [6.07, 6.45) is 2.56. The molecular weight excluding hydrogens is 360 g/mol. The van der Waals surface area contributed by atoms with Gasteiger partial charge in [0, 0.05) is 24.5 Å². The summed E-state index contributed by atoms with van der Waals surface area (Å²) in [5.74, 6) is 0.355. The number of H-pyrrole nitrogens is 1. The number of aromatic amines is 1. The van der Waals surface area contributed by atoms with Crippen molar-refractivity contribution in [1.29, 1.82) is 0 Å². The maximum atomic E-state index is 12.6. The van der Waals surface area contributed by atoms with Crippen molar-refractivity contribution in [3.8, 4) is 0 Å². The van der Waals surface area contributed by atoms with Gasteiger partial charge in [0.05, 0.1) is 17.0 Å². The third-order valence-electron chi connectivity index (χ3n) is 4.92. The van der Waals surface area contributed by atoms with Crippen LogP contribution in [0.5, 0.6) is 0 Å². The normalized spacial score (nSPS) is 17.2. The molecular formula is C20H22N4O2S. The fraction of sp³-hybridized carbons (Fsp3) is 0.350. The van der Waals surface area contributed by atoms with E-state index in [-0.39, 0.29) is 17.4 Å². The van der Waals surface area contributed by atoms with Gasteiger partial charge in [0.2, 0.25) is 5.91 Å². The molecule has 0 saturated carbocycles. The van der Waals surface area contributed by atoms with Crippen LogP contribution < -0.4 is 15.8 Å². The summed E-state index contributed by atoms with van der Waals surface area (Å²) >= 11 is 1.70. The quantitative estimate of drug-likeness (QED) is 0.711. The molecule has 6 nitrogen and oxygen atoms in total. The topological polar surface area (TPSA) is 78.1 Å². The minimum atomic E-state index is -0.201. The second-order valence-corrected chi connectivity index (χ2v) is 7.84. The Balaban J connectivity index is 1.42. The molecule has 0 bridgehead atoms. The molecule has 0 unspecified atom stereocenters. The van der Waals surface area contributed by atoms with E-state index in [9.17, 15) is 9.59 Å². The Labute approximate surface area is 161 Å². The number of piperidine rings is 1. The second-order valence-electron chi connectivity index (χ2n) is 6.81.